The van der Waals surface area contributed by atoms with Crippen molar-refractivity contribution in [2.45, 2.75) is 45.6 Å². The molecule has 1 aliphatic rings. The number of piperazine rings is 1. The first-order valence-corrected chi connectivity index (χ1v) is 6.49. The number of hydrogen-bond donors (Lipinski definition) is 1. The molecule has 0 bridgehead atoms. The number of alkyl halides is 3. The third kappa shape index (κ3) is 4.09. The van der Waals surface area contributed by atoms with Crippen LogP contribution in [0.3, 0.4) is 0 Å². The van der Waals surface area contributed by atoms with Crippen LogP contribution >= 0.6 is 0 Å². The fraction of sp³-hybridized carbons (Fsp3) is 0.833. The number of nitrogens with one attached hydrogen (secondary N) is 1. The lowest BCUT2D eigenvalue weighted by molar-refractivity contribution is -0.325. The standard InChI is InChI=1S/C12H19F3N2O3/c1-4-7(2)9-10(18)16-8(3)11(19)17(9)5-6-20-12(13,14)15/h7-9H,4-6H2,1-3H3,(H,16,18). The van der Waals surface area contributed by atoms with Crippen molar-refractivity contribution in [2.24, 2.45) is 5.92 Å². The van der Waals surface area contributed by atoms with Gasteiger partial charge in [0.1, 0.15) is 12.1 Å². The summed E-state index contributed by atoms with van der Waals surface area (Å²) in [5, 5.41) is 2.54. The van der Waals surface area contributed by atoms with E-state index in [9.17, 15) is 22.8 Å². The smallest absolute Gasteiger partial charge is 0.343 e. The van der Waals surface area contributed by atoms with E-state index < -0.39 is 25.1 Å². The fourth-order valence-corrected chi connectivity index (χ4v) is 2.19. The first kappa shape index (κ1) is 16.7. The lowest BCUT2D eigenvalue weighted by Gasteiger charge is -2.40. The zero-order valence-electron chi connectivity index (χ0n) is 11.7. The third-order valence-corrected chi connectivity index (χ3v) is 3.40. The molecule has 1 saturated heterocycles. The molecule has 116 valence electrons. The fourth-order valence-electron chi connectivity index (χ4n) is 2.19. The van der Waals surface area contributed by atoms with Gasteiger partial charge < -0.3 is 10.2 Å². The molecule has 1 heterocycles. The van der Waals surface area contributed by atoms with E-state index in [0.717, 1.165) is 0 Å². The van der Waals surface area contributed by atoms with Gasteiger partial charge in [-0.05, 0) is 12.8 Å². The minimum Gasteiger partial charge on any atom is -0.343 e. The number of nitrogens with zero attached hydrogens (tertiary/aromatic N) is 1. The van der Waals surface area contributed by atoms with Crippen LogP contribution in [-0.4, -0.2) is 48.3 Å². The summed E-state index contributed by atoms with van der Waals surface area (Å²) in [6.45, 7) is 4.20. The quantitative estimate of drug-likeness (QED) is 0.831. The zero-order chi connectivity index (χ0) is 15.5. The molecule has 20 heavy (non-hydrogen) atoms. The van der Waals surface area contributed by atoms with Crippen LogP contribution in [0.15, 0.2) is 0 Å². The van der Waals surface area contributed by atoms with Gasteiger partial charge >= 0.3 is 6.36 Å². The Labute approximate surface area is 115 Å². The summed E-state index contributed by atoms with van der Waals surface area (Å²) in [6, 6.07) is -1.48. The van der Waals surface area contributed by atoms with Gasteiger partial charge in [-0.2, -0.15) is 0 Å². The van der Waals surface area contributed by atoms with Crippen molar-refractivity contribution in [2.75, 3.05) is 13.2 Å². The zero-order valence-corrected chi connectivity index (χ0v) is 11.7. The van der Waals surface area contributed by atoms with Crippen molar-refractivity contribution in [3.63, 3.8) is 0 Å². The van der Waals surface area contributed by atoms with E-state index in [1.54, 1.807) is 6.92 Å². The second-order valence-electron chi connectivity index (χ2n) is 4.89. The minimum atomic E-state index is -4.74. The van der Waals surface area contributed by atoms with E-state index >= 15 is 0 Å². The predicted molar refractivity (Wildman–Crippen MR) is 64.6 cm³/mol. The molecular weight excluding hydrogens is 277 g/mol. The van der Waals surface area contributed by atoms with Crippen molar-refractivity contribution in [3.05, 3.63) is 0 Å². The number of ether oxygens (including phenoxy) is 1. The molecule has 8 heteroatoms. The Balaban J connectivity index is 2.78. The van der Waals surface area contributed by atoms with Crippen molar-refractivity contribution < 1.29 is 27.5 Å². The molecule has 1 rings (SSSR count). The lowest BCUT2D eigenvalue weighted by Crippen LogP contribution is -2.64. The summed E-state index contributed by atoms with van der Waals surface area (Å²) >= 11 is 0. The summed E-state index contributed by atoms with van der Waals surface area (Å²) in [5.41, 5.74) is 0. The Bertz CT molecular complexity index is 373. The minimum absolute atomic E-state index is 0.141. The van der Waals surface area contributed by atoms with Gasteiger partial charge in [-0.25, -0.2) is 0 Å². The average molecular weight is 296 g/mol. The number of carbonyl (C=O) groups excluding carboxylic acids is 2. The Morgan fingerprint density at radius 2 is 2.00 bits per heavy atom. The van der Waals surface area contributed by atoms with Crippen LogP contribution in [-0.2, 0) is 14.3 Å². The number of carbonyl (C=O) groups is 2. The molecule has 0 saturated carbocycles. The van der Waals surface area contributed by atoms with Crippen molar-refractivity contribution in [3.8, 4) is 0 Å². The van der Waals surface area contributed by atoms with Crippen LogP contribution < -0.4 is 5.32 Å². The highest BCUT2D eigenvalue weighted by Gasteiger charge is 2.41. The van der Waals surface area contributed by atoms with Gasteiger partial charge in [-0.3, -0.25) is 14.3 Å². The maximum Gasteiger partial charge on any atom is 0.522 e. The summed E-state index contributed by atoms with van der Waals surface area (Å²) < 4.78 is 39.6. The Morgan fingerprint density at radius 1 is 1.40 bits per heavy atom. The van der Waals surface area contributed by atoms with Gasteiger partial charge in [0.25, 0.3) is 0 Å². The topological polar surface area (TPSA) is 58.6 Å². The Morgan fingerprint density at radius 3 is 2.50 bits per heavy atom. The van der Waals surface area contributed by atoms with E-state index in [-0.39, 0.29) is 24.3 Å². The normalized spacial score (nSPS) is 25.6. The van der Waals surface area contributed by atoms with Crippen LogP contribution in [0.5, 0.6) is 0 Å². The highest BCUT2D eigenvalue weighted by Crippen LogP contribution is 2.21. The molecule has 0 spiro atoms. The first-order valence-electron chi connectivity index (χ1n) is 6.49. The van der Waals surface area contributed by atoms with Crippen LogP contribution in [0.1, 0.15) is 27.2 Å². The van der Waals surface area contributed by atoms with Crippen molar-refractivity contribution in [1.82, 2.24) is 10.2 Å². The average Bonchev–Trinajstić information content (AvgIpc) is 2.33. The summed E-state index contributed by atoms with van der Waals surface area (Å²) in [6.07, 6.45) is -4.10. The molecule has 1 aliphatic heterocycles. The molecule has 5 nitrogen and oxygen atoms in total. The van der Waals surface area contributed by atoms with E-state index in [4.69, 9.17) is 0 Å². The molecule has 3 atom stereocenters. The predicted octanol–water partition coefficient (Wildman–Crippen LogP) is 1.28. The van der Waals surface area contributed by atoms with Gasteiger partial charge in [0.15, 0.2) is 0 Å². The summed E-state index contributed by atoms with van der Waals surface area (Å²) in [7, 11) is 0. The molecule has 0 aromatic rings. The van der Waals surface area contributed by atoms with Crippen LogP contribution in [0.25, 0.3) is 0 Å². The molecule has 0 aromatic carbocycles. The van der Waals surface area contributed by atoms with Crippen LogP contribution in [0.2, 0.25) is 0 Å². The molecule has 3 unspecified atom stereocenters. The highest BCUT2D eigenvalue weighted by molar-refractivity contribution is 5.96. The first-order chi connectivity index (χ1) is 9.17. The monoisotopic (exact) mass is 296 g/mol. The molecule has 1 fully saturated rings. The number of halogens is 3. The largest absolute Gasteiger partial charge is 0.522 e. The molecule has 1 N–H and O–H groups in total. The summed E-state index contributed by atoms with van der Waals surface area (Å²) in [5.74, 6) is -0.864. The van der Waals surface area contributed by atoms with Gasteiger partial charge in [-0.15, -0.1) is 13.2 Å². The Hall–Kier alpha value is -1.31. The van der Waals surface area contributed by atoms with E-state index in [0.29, 0.717) is 6.42 Å². The maximum atomic E-state index is 12.0. The molecular formula is C12H19F3N2O3. The third-order valence-electron chi connectivity index (χ3n) is 3.40. The lowest BCUT2D eigenvalue weighted by atomic mass is 9.93. The van der Waals surface area contributed by atoms with Crippen LogP contribution in [0.4, 0.5) is 13.2 Å². The van der Waals surface area contributed by atoms with Crippen molar-refractivity contribution >= 4 is 11.8 Å². The van der Waals surface area contributed by atoms with Gasteiger partial charge in [0, 0.05) is 6.54 Å². The van der Waals surface area contributed by atoms with Crippen molar-refractivity contribution in [1.29, 1.82) is 0 Å². The molecule has 0 aromatic heterocycles. The SMILES string of the molecule is CCC(C)C1C(=O)NC(C)C(=O)N1CCOC(F)(F)F. The van der Waals surface area contributed by atoms with Gasteiger partial charge in [-0.1, -0.05) is 20.3 Å². The molecule has 0 aliphatic carbocycles. The van der Waals surface area contributed by atoms with Gasteiger partial charge in [0.2, 0.25) is 11.8 Å². The number of amides is 2. The molecule has 0 radical (unpaired) electrons. The maximum absolute atomic E-state index is 12.0. The van der Waals surface area contributed by atoms with Crippen LogP contribution in [0, 0.1) is 5.92 Å². The highest BCUT2D eigenvalue weighted by atomic mass is 19.4. The van der Waals surface area contributed by atoms with E-state index in [2.05, 4.69) is 10.1 Å². The van der Waals surface area contributed by atoms with E-state index in [1.807, 2.05) is 6.92 Å². The number of hydrogen-bond acceptors (Lipinski definition) is 3. The Kier molecular flexibility index (Phi) is 5.38. The second-order valence-corrected chi connectivity index (χ2v) is 4.89. The number of rotatable bonds is 5. The molecule has 2 amide bonds. The second kappa shape index (κ2) is 6.43. The van der Waals surface area contributed by atoms with Gasteiger partial charge in [0.05, 0.1) is 6.61 Å². The summed E-state index contributed by atoms with van der Waals surface area (Å²) in [4.78, 5) is 25.2. The van der Waals surface area contributed by atoms with E-state index in [1.165, 1.54) is 11.8 Å².